The average Bonchev–Trinajstić information content (AvgIpc) is 2.82. The van der Waals surface area contributed by atoms with E-state index in [1.807, 2.05) is 0 Å². The van der Waals surface area contributed by atoms with Crippen LogP contribution in [0.15, 0.2) is 58.8 Å². The molecule has 1 fully saturated rings. The van der Waals surface area contributed by atoms with Crippen LogP contribution >= 0.6 is 0 Å². The number of carbonyl (C=O) groups excluding carboxylic acids is 1. The Morgan fingerprint density at radius 2 is 1.81 bits per heavy atom. The number of amides is 1. The number of piperidine rings is 1. The van der Waals surface area contributed by atoms with Gasteiger partial charge in [-0.3, -0.25) is 4.79 Å². The third kappa shape index (κ3) is 6.48. The van der Waals surface area contributed by atoms with Crippen molar-refractivity contribution in [2.75, 3.05) is 26.5 Å². The van der Waals surface area contributed by atoms with Crippen molar-refractivity contribution >= 4 is 25.8 Å². The van der Waals surface area contributed by atoms with Gasteiger partial charge in [-0.2, -0.15) is 4.31 Å². The third-order valence-electron chi connectivity index (χ3n) is 5.84. The summed E-state index contributed by atoms with van der Waals surface area (Å²) < 4.78 is 85.2. The fourth-order valence-electron chi connectivity index (χ4n) is 3.84. The summed E-state index contributed by atoms with van der Waals surface area (Å²) in [6.07, 6.45) is 1.43. The SMILES string of the molecule is COc1cccc(-c2cc(F)ccc2S(=O)(=O)N2CCC(F)(C(=O)N[C@@H](C)/C=C\S(C)(=O)=O)CC2)c1. The monoisotopic (exact) mass is 542 g/mol. The standard InChI is InChI=1S/C24H28F2N2O6S2/c1-17(9-14-35(3,30)31)27-23(29)24(26)10-12-28(13-11-24)36(32,33)22-8-7-19(25)16-21(22)18-5-4-6-20(15-18)34-2/h4-9,14-17H,10-13H2,1-3H3,(H,27,29)/b14-9-/t17-/m0/s1. The lowest BCUT2D eigenvalue weighted by Crippen LogP contribution is -2.53. The van der Waals surface area contributed by atoms with E-state index in [4.69, 9.17) is 4.74 Å². The molecule has 1 atom stereocenters. The topological polar surface area (TPSA) is 110 Å². The van der Waals surface area contributed by atoms with Gasteiger partial charge in [-0.05, 0) is 42.8 Å². The lowest BCUT2D eigenvalue weighted by atomic mass is 9.93. The van der Waals surface area contributed by atoms with Crippen LogP contribution in [0, 0.1) is 5.82 Å². The van der Waals surface area contributed by atoms with Crippen molar-refractivity contribution in [3.8, 4) is 16.9 Å². The maximum Gasteiger partial charge on any atom is 0.258 e. The molecule has 196 valence electrons. The second-order valence-corrected chi connectivity index (χ2v) is 12.5. The second kappa shape index (κ2) is 10.7. The van der Waals surface area contributed by atoms with Crippen LogP contribution in [0.1, 0.15) is 19.8 Å². The predicted octanol–water partition coefficient (Wildman–Crippen LogP) is 3.06. The molecular weight excluding hydrogens is 514 g/mol. The highest BCUT2D eigenvalue weighted by molar-refractivity contribution is 7.93. The van der Waals surface area contributed by atoms with E-state index in [0.29, 0.717) is 11.3 Å². The number of hydrogen-bond donors (Lipinski definition) is 1. The number of hydrogen-bond acceptors (Lipinski definition) is 6. The Labute approximate surface area is 209 Å². The minimum atomic E-state index is -4.15. The van der Waals surface area contributed by atoms with E-state index in [1.54, 1.807) is 24.3 Å². The number of sulfone groups is 1. The first-order valence-corrected chi connectivity index (χ1v) is 14.5. The number of halogens is 2. The molecule has 1 heterocycles. The highest BCUT2D eigenvalue weighted by Crippen LogP contribution is 2.35. The van der Waals surface area contributed by atoms with Crippen molar-refractivity contribution in [1.29, 1.82) is 0 Å². The van der Waals surface area contributed by atoms with Crippen molar-refractivity contribution in [3.05, 3.63) is 59.8 Å². The molecule has 12 heteroatoms. The number of nitrogens with one attached hydrogen (secondary N) is 1. The van der Waals surface area contributed by atoms with E-state index >= 15 is 4.39 Å². The van der Waals surface area contributed by atoms with E-state index in [0.717, 1.165) is 28.1 Å². The molecule has 0 radical (unpaired) electrons. The maximum atomic E-state index is 15.4. The van der Waals surface area contributed by atoms with Gasteiger partial charge in [-0.15, -0.1) is 0 Å². The van der Waals surface area contributed by atoms with Crippen molar-refractivity contribution < 1.29 is 35.1 Å². The quantitative estimate of drug-likeness (QED) is 0.549. The maximum absolute atomic E-state index is 15.4. The highest BCUT2D eigenvalue weighted by Gasteiger charge is 2.44. The van der Waals surface area contributed by atoms with Crippen molar-refractivity contribution in [1.82, 2.24) is 9.62 Å². The molecule has 0 unspecified atom stereocenters. The van der Waals surface area contributed by atoms with Gasteiger partial charge in [0.05, 0.1) is 12.0 Å². The Bertz CT molecular complexity index is 1370. The summed E-state index contributed by atoms with van der Waals surface area (Å²) in [5.74, 6) is -1.10. The smallest absolute Gasteiger partial charge is 0.258 e. The molecule has 0 aromatic heterocycles. The Morgan fingerprint density at radius 3 is 2.42 bits per heavy atom. The summed E-state index contributed by atoms with van der Waals surface area (Å²) in [6.45, 7) is 0.959. The van der Waals surface area contributed by atoms with Gasteiger partial charge >= 0.3 is 0 Å². The number of rotatable bonds is 8. The molecule has 1 N–H and O–H groups in total. The van der Waals surface area contributed by atoms with Gasteiger partial charge in [0, 0.05) is 49.2 Å². The number of benzene rings is 2. The number of carbonyl (C=O) groups is 1. The summed E-state index contributed by atoms with van der Waals surface area (Å²) in [4.78, 5) is 12.4. The molecule has 2 aromatic carbocycles. The number of sulfonamides is 1. The van der Waals surface area contributed by atoms with Crippen LogP contribution in [0.25, 0.3) is 11.1 Å². The fourth-order valence-corrected chi connectivity index (χ4v) is 5.99. The third-order valence-corrected chi connectivity index (χ3v) is 8.44. The average molecular weight is 543 g/mol. The lowest BCUT2D eigenvalue weighted by molar-refractivity contribution is -0.135. The van der Waals surface area contributed by atoms with Crippen LogP contribution in [0.4, 0.5) is 8.78 Å². The molecule has 0 saturated carbocycles. The summed E-state index contributed by atoms with van der Waals surface area (Å²) in [5.41, 5.74) is -1.76. The summed E-state index contributed by atoms with van der Waals surface area (Å²) in [7, 11) is -6.10. The van der Waals surface area contributed by atoms with Crippen molar-refractivity contribution in [2.24, 2.45) is 0 Å². The van der Waals surface area contributed by atoms with E-state index in [-0.39, 0.29) is 23.5 Å². The van der Waals surface area contributed by atoms with E-state index in [9.17, 15) is 26.0 Å². The molecule has 0 aliphatic carbocycles. The number of nitrogens with zero attached hydrogens (tertiary/aromatic N) is 1. The van der Waals surface area contributed by atoms with Gasteiger partial charge in [0.2, 0.25) is 10.0 Å². The van der Waals surface area contributed by atoms with Crippen LogP contribution in [-0.2, 0) is 24.7 Å². The lowest BCUT2D eigenvalue weighted by Gasteiger charge is -2.35. The molecule has 1 amide bonds. The second-order valence-electron chi connectivity index (χ2n) is 8.66. The van der Waals surface area contributed by atoms with Crippen molar-refractivity contribution in [2.45, 2.75) is 36.4 Å². The van der Waals surface area contributed by atoms with E-state index < -0.39 is 56.1 Å². The first-order chi connectivity index (χ1) is 16.7. The molecule has 1 aliphatic rings. The normalized spacial score (nSPS) is 17.6. The summed E-state index contributed by atoms with van der Waals surface area (Å²) in [6, 6.07) is 9.11. The minimum Gasteiger partial charge on any atom is -0.497 e. The van der Waals surface area contributed by atoms with E-state index in [1.165, 1.54) is 26.2 Å². The Balaban J connectivity index is 1.80. The first-order valence-electron chi connectivity index (χ1n) is 11.1. The minimum absolute atomic E-state index is 0.134. The van der Waals surface area contributed by atoms with Crippen LogP contribution in [0.2, 0.25) is 0 Å². The van der Waals surface area contributed by atoms with E-state index in [2.05, 4.69) is 5.32 Å². The van der Waals surface area contributed by atoms with Crippen LogP contribution in [0.3, 0.4) is 0 Å². The van der Waals surface area contributed by atoms with Crippen LogP contribution in [0.5, 0.6) is 5.75 Å². The Morgan fingerprint density at radius 1 is 1.14 bits per heavy atom. The molecule has 8 nitrogen and oxygen atoms in total. The van der Waals surface area contributed by atoms with Gasteiger partial charge < -0.3 is 10.1 Å². The fraction of sp³-hybridized carbons (Fsp3) is 0.375. The molecule has 1 aliphatic heterocycles. The van der Waals surface area contributed by atoms with Crippen LogP contribution < -0.4 is 10.1 Å². The number of ether oxygens (including phenoxy) is 1. The van der Waals surface area contributed by atoms with Gasteiger partial charge in [0.15, 0.2) is 15.5 Å². The van der Waals surface area contributed by atoms with Gasteiger partial charge in [0.25, 0.3) is 5.91 Å². The molecule has 0 bridgehead atoms. The molecule has 0 spiro atoms. The zero-order valence-corrected chi connectivity index (χ0v) is 21.7. The highest BCUT2D eigenvalue weighted by atomic mass is 32.2. The van der Waals surface area contributed by atoms with Gasteiger partial charge in [0.1, 0.15) is 11.6 Å². The largest absolute Gasteiger partial charge is 0.497 e. The molecule has 1 saturated heterocycles. The number of alkyl halides is 1. The first kappa shape index (κ1) is 27.8. The Hall–Kier alpha value is -2.83. The molecular formula is C24H28F2N2O6S2. The molecule has 3 rings (SSSR count). The zero-order valence-electron chi connectivity index (χ0n) is 20.1. The zero-order chi connectivity index (χ0) is 26.7. The predicted molar refractivity (Wildman–Crippen MR) is 132 cm³/mol. The van der Waals surface area contributed by atoms with Gasteiger partial charge in [-0.1, -0.05) is 18.2 Å². The summed E-state index contributed by atoms with van der Waals surface area (Å²) in [5, 5.41) is 3.33. The van der Waals surface area contributed by atoms with Crippen molar-refractivity contribution in [3.63, 3.8) is 0 Å². The molecule has 2 aromatic rings. The Kier molecular flexibility index (Phi) is 8.21. The summed E-state index contributed by atoms with van der Waals surface area (Å²) >= 11 is 0. The molecule has 36 heavy (non-hydrogen) atoms. The number of methoxy groups -OCH3 is 1. The van der Waals surface area contributed by atoms with Crippen LogP contribution in [-0.4, -0.2) is 65.2 Å². The van der Waals surface area contributed by atoms with Gasteiger partial charge in [-0.25, -0.2) is 25.6 Å².